The summed E-state index contributed by atoms with van der Waals surface area (Å²) in [6.45, 7) is 0. The summed E-state index contributed by atoms with van der Waals surface area (Å²) in [6, 6.07) is 19.4. The smallest absolute Gasteiger partial charge is 0.266 e. The van der Waals surface area contributed by atoms with Crippen molar-refractivity contribution >= 4 is 22.4 Å². The molecule has 0 saturated heterocycles. The lowest BCUT2D eigenvalue weighted by molar-refractivity contribution is 0.0990. The summed E-state index contributed by atoms with van der Waals surface area (Å²) in [5.41, 5.74) is 3.19. The van der Waals surface area contributed by atoms with E-state index in [1.54, 1.807) is 61.4 Å². The minimum atomic E-state index is -0.411. The topological polar surface area (TPSA) is 125 Å². The molecule has 1 aliphatic carbocycles. The van der Waals surface area contributed by atoms with Crippen LogP contribution in [-0.2, 0) is 12.8 Å². The molecule has 2 aromatic carbocycles. The zero-order valence-electron chi connectivity index (χ0n) is 23.6. The zero-order chi connectivity index (χ0) is 29.9. The normalized spacial score (nSPS) is 13.5. The minimum absolute atomic E-state index is 0.0143. The van der Waals surface area contributed by atoms with E-state index < -0.39 is 5.56 Å². The number of carbonyl (C=O) groups is 1. The number of carbonyl (C=O) groups excluding carboxylic acids is 1. The van der Waals surface area contributed by atoms with Gasteiger partial charge in [0.05, 0.1) is 43.6 Å². The fourth-order valence-electron chi connectivity index (χ4n) is 5.36. The van der Waals surface area contributed by atoms with Gasteiger partial charge in [0, 0.05) is 40.3 Å². The van der Waals surface area contributed by atoms with Crippen molar-refractivity contribution in [1.82, 2.24) is 14.5 Å². The van der Waals surface area contributed by atoms with E-state index in [1.807, 2.05) is 30.3 Å². The Bertz CT molecular complexity index is 1920. The SMILES string of the molecule is COc1cc2nccc(Oc3ccc(CC(=O)c4cc5c(n(-c6ccccc6)c4=O)CCC/C5=N\O)nc3)c2cc1OC. The van der Waals surface area contributed by atoms with Crippen LogP contribution in [0.4, 0.5) is 0 Å². The second-order valence-corrected chi connectivity index (χ2v) is 10.0. The molecule has 0 aliphatic heterocycles. The van der Waals surface area contributed by atoms with Gasteiger partial charge in [0.25, 0.3) is 5.56 Å². The number of hydrogen-bond acceptors (Lipinski definition) is 9. The Morgan fingerprint density at radius 3 is 2.47 bits per heavy atom. The number of oxime groups is 1. The van der Waals surface area contributed by atoms with Gasteiger partial charge in [-0.25, -0.2) is 0 Å². The summed E-state index contributed by atoms with van der Waals surface area (Å²) in [5.74, 6) is 1.73. The molecule has 216 valence electrons. The number of rotatable bonds is 8. The Morgan fingerprint density at radius 2 is 1.74 bits per heavy atom. The van der Waals surface area contributed by atoms with Crippen LogP contribution in [0.1, 0.15) is 40.2 Å². The van der Waals surface area contributed by atoms with E-state index in [1.165, 1.54) is 6.20 Å². The van der Waals surface area contributed by atoms with E-state index in [4.69, 9.17) is 14.2 Å². The molecule has 1 N–H and O–H groups in total. The Labute approximate surface area is 246 Å². The number of para-hydroxylation sites is 1. The third kappa shape index (κ3) is 5.30. The number of ketones is 1. The molecule has 3 heterocycles. The highest BCUT2D eigenvalue weighted by Gasteiger charge is 2.26. The van der Waals surface area contributed by atoms with E-state index in [0.717, 1.165) is 17.5 Å². The van der Waals surface area contributed by atoms with Gasteiger partial charge in [-0.1, -0.05) is 23.4 Å². The van der Waals surface area contributed by atoms with Crippen LogP contribution < -0.4 is 19.8 Å². The summed E-state index contributed by atoms with van der Waals surface area (Å²) in [6.07, 6.45) is 4.99. The molecule has 5 aromatic rings. The Morgan fingerprint density at radius 1 is 0.953 bits per heavy atom. The number of hydrogen-bond donors (Lipinski definition) is 1. The lowest BCUT2D eigenvalue weighted by Gasteiger charge is -2.23. The van der Waals surface area contributed by atoms with Crippen LogP contribution in [0.5, 0.6) is 23.0 Å². The molecular weight excluding hydrogens is 548 g/mol. The van der Waals surface area contributed by atoms with Crippen molar-refractivity contribution in [2.45, 2.75) is 25.7 Å². The minimum Gasteiger partial charge on any atom is -0.493 e. The van der Waals surface area contributed by atoms with Crippen LogP contribution in [0.3, 0.4) is 0 Å². The number of fused-ring (bicyclic) bond motifs is 2. The maximum atomic E-state index is 13.7. The number of Topliss-reactive ketones (excluding diaryl/α,β-unsaturated/α-hetero) is 1. The number of benzene rings is 2. The first-order valence-electron chi connectivity index (χ1n) is 13.7. The average molecular weight is 577 g/mol. The molecule has 6 rings (SSSR count). The highest BCUT2D eigenvalue weighted by Crippen LogP contribution is 2.36. The zero-order valence-corrected chi connectivity index (χ0v) is 23.6. The maximum Gasteiger partial charge on any atom is 0.266 e. The Kier molecular flexibility index (Phi) is 7.57. The van der Waals surface area contributed by atoms with Crippen LogP contribution in [0.15, 0.2) is 89.1 Å². The predicted octanol–water partition coefficient (Wildman–Crippen LogP) is 5.53. The van der Waals surface area contributed by atoms with Gasteiger partial charge >= 0.3 is 0 Å². The van der Waals surface area contributed by atoms with E-state index in [2.05, 4.69) is 15.1 Å². The maximum absolute atomic E-state index is 13.7. The Hall–Kier alpha value is -5.51. The molecule has 3 aromatic heterocycles. The van der Waals surface area contributed by atoms with Crippen LogP contribution in [0.25, 0.3) is 16.6 Å². The van der Waals surface area contributed by atoms with Crippen molar-refractivity contribution in [2.75, 3.05) is 14.2 Å². The van der Waals surface area contributed by atoms with Crippen molar-refractivity contribution in [2.24, 2.45) is 5.16 Å². The quantitative estimate of drug-likeness (QED) is 0.145. The molecule has 0 bridgehead atoms. The summed E-state index contributed by atoms with van der Waals surface area (Å²) in [4.78, 5) is 36.0. The van der Waals surface area contributed by atoms with Gasteiger partial charge in [-0.3, -0.25) is 24.1 Å². The lowest BCUT2D eigenvalue weighted by atomic mass is 9.91. The molecule has 1 aliphatic rings. The first kappa shape index (κ1) is 27.6. The van der Waals surface area contributed by atoms with Gasteiger partial charge in [0.1, 0.15) is 11.5 Å². The standard InChI is InChI=1S/C33H28N4O6/c1-41-31-17-24-27(18-32(31)42-2)34-14-13-30(24)43-22-12-11-20(35-19-22)15-29(38)25-16-23-26(36-40)9-6-10-28(23)37(33(25)39)21-7-4-3-5-8-21/h3-5,7-8,11-14,16-19,40H,6,9-10,15H2,1-2H3/b36-26+. The van der Waals surface area contributed by atoms with Crippen LogP contribution >= 0.6 is 0 Å². The van der Waals surface area contributed by atoms with Crippen molar-refractivity contribution in [3.63, 3.8) is 0 Å². The van der Waals surface area contributed by atoms with Gasteiger partial charge < -0.3 is 19.4 Å². The molecule has 10 nitrogen and oxygen atoms in total. The fourth-order valence-corrected chi connectivity index (χ4v) is 5.36. The summed E-state index contributed by atoms with van der Waals surface area (Å²) >= 11 is 0. The summed E-state index contributed by atoms with van der Waals surface area (Å²) in [7, 11) is 3.12. The second kappa shape index (κ2) is 11.8. The van der Waals surface area contributed by atoms with Gasteiger partial charge in [-0.05, 0) is 61.7 Å². The highest BCUT2D eigenvalue weighted by molar-refractivity contribution is 6.05. The second-order valence-electron chi connectivity index (χ2n) is 10.0. The first-order chi connectivity index (χ1) is 21.0. The molecular formula is C33H28N4O6. The molecule has 0 fully saturated rings. The van der Waals surface area contributed by atoms with E-state index >= 15 is 0 Å². The molecule has 0 atom stereocenters. The largest absolute Gasteiger partial charge is 0.493 e. The Balaban J connectivity index is 1.28. The van der Waals surface area contributed by atoms with E-state index in [0.29, 0.717) is 64.0 Å². The monoisotopic (exact) mass is 576 g/mol. The van der Waals surface area contributed by atoms with E-state index in [9.17, 15) is 14.8 Å². The first-order valence-corrected chi connectivity index (χ1v) is 13.7. The highest BCUT2D eigenvalue weighted by atomic mass is 16.5. The summed E-state index contributed by atoms with van der Waals surface area (Å²) < 4.78 is 18.5. The van der Waals surface area contributed by atoms with Crippen molar-refractivity contribution in [1.29, 1.82) is 0 Å². The molecule has 0 spiro atoms. The number of nitrogens with zero attached hydrogens (tertiary/aromatic N) is 4. The van der Waals surface area contributed by atoms with Crippen LogP contribution in [0.2, 0.25) is 0 Å². The third-order valence-corrected chi connectivity index (χ3v) is 7.45. The molecule has 0 radical (unpaired) electrons. The van der Waals surface area contributed by atoms with Crippen molar-refractivity contribution in [3.8, 4) is 28.7 Å². The number of aromatic nitrogens is 3. The van der Waals surface area contributed by atoms with Crippen molar-refractivity contribution in [3.05, 3.63) is 112 Å². The van der Waals surface area contributed by atoms with Crippen LogP contribution in [0, 0.1) is 0 Å². The number of methoxy groups -OCH3 is 2. The molecule has 10 heteroatoms. The van der Waals surface area contributed by atoms with Crippen molar-refractivity contribution < 1.29 is 24.2 Å². The molecule has 0 amide bonds. The van der Waals surface area contributed by atoms with Gasteiger partial charge in [-0.2, -0.15) is 0 Å². The third-order valence-electron chi connectivity index (χ3n) is 7.45. The number of pyridine rings is 3. The molecule has 43 heavy (non-hydrogen) atoms. The lowest BCUT2D eigenvalue weighted by Crippen LogP contribution is -2.32. The predicted molar refractivity (Wildman–Crippen MR) is 160 cm³/mol. The fraction of sp³-hybridized carbons (Fsp3) is 0.182. The van der Waals surface area contributed by atoms with E-state index in [-0.39, 0.29) is 17.8 Å². The van der Waals surface area contributed by atoms with Gasteiger partial charge in [0.15, 0.2) is 17.3 Å². The molecule has 0 saturated carbocycles. The van der Waals surface area contributed by atoms with Crippen LogP contribution in [-0.4, -0.2) is 45.5 Å². The summed E-state index contributed by atoms with van der Waals surface area (Å²) in [5, 5.41) is 13.8. The van der Waals surface area contributed by atoms with Gasteiger partial charge in [0.2, 0.25) is 0 Å². The number of ether oxygens (including phenoxy) is 3. The van der Waals surface area contributed by atoms with Gasteiger partial charge in [-0.15, -0.1) is 0 Å². The molecule has 0 unspecified atom stereocenters. The average Bonchev–Trinajstić information content (AvgIpc) is 3.04.